The Bertz CT molecular complexity index is 184. The predicted molar refractivity (Wildman–Crippen MR) is 41.1 cm³/mol. The number of alkyl halides is 3. The highest BCUT2D eigenvalue weighted by Crippen LogP contribution is 2.14. The molecule has 0 unspecified atom stereocenters. The van der Waals surface area contributed by atoms with Gasteiger partial charge in [0.25, 0.3) is 0 Å². The first kappa shape index (κ1) is 12.0. The van der Waals surface area contributed by atoms with Crippen molar-refractivity contribution in [2.75, 3.05) is 6.61 Å². The van der Waals surface area contributed by atoms with Gasteiger partial charge in [0.2, 0.25) is 0 Å². The highest BCUT2D eigenvalue weighted by molar-refractivity contribution is 5.81. The highest BCUT2D eigenvalue weighted by Gasteiger charge is 2.29. The van der Waals surface area contributed by atoms with E-state index in [4.69, 9.17) is 0 Å². The number of unbranched alkanes of at least 4 members (excludes halogenated alkanes) is 1. The van der Waals surface area contributed by atoms with E-state index >= 15 is 0 Å². The SMILES string of the molecule is CCCC=CC(=O)OCC(F)(F)F. The molecule has 0 aliphatic heterocycles. The third-order valence-corrected chi connectivity index (χ3v) is 1.09. The average molecular weight is 196 g/mol. The van der Waals surface area contributed by atoms with E-state index < -0.39 is 18.8 Å². The van der Waals surface area contributed by atoms with Crippen LogP contribution in [0.5, 0.6) is 0 Å². The first-order valence-corrected chi connectivity index (χ1v) is 3.85. The molecule has 0 fully saturated rings. The molecule has 2 nitrogen and oxygen atoms in total. The third-order valence-electron chi connectivity index (χ3n) is 1.09. The number of halogens is 3. The number of hydrogen-bond acceptors (Lipinski definition) is 2. The van der Waals surface area contributed by atoms with Crippen LogP contribution in [0.1, 0.15) is 19.8 Å². The number of ether oxygens (including phenoxy) is 1. The molecule has 5 heteroatoms. The van der Waals surface area contributed by atoms with Crippen molar-refractivity contribution in [1.29, 1.82) is 0 Å². The van der Waals surface area contributed by atoms with Crippen LogP contribution in [0.3, 0.4) is 0 Å². The van der Waals surface area contributed by atoms with Crippen molar-refractivity contribution >= 4 is 5.97 Å². The van der Waals surface area contributed by atoms with Crippen molar-refractivity contribution < 1.29 is 22.7 Å². The lowest BCUT2D eigenvalue weighted by Crippen LogP contribution is -2.19. The molecule has 0 spiro atoms. The number of carbonyl (C=O) groups excluding carboxylic acids is 1. The summed E-state index contributed by atoms with van der Waals surface area (Å²) in [6.45, 7) is 0.369. The number of rotatable bonds is 4. The van der Waals surface area contributed by atoms with Crippen LogP contribution in [0.25, 0.3) is 0 Å². The van der Waals surface area contributed by atoms with E-state index in [1.54, 1.807) is 0 Å². The van der Waals surface area contributed by atoms with Gasteiger partial charge >= 0.3 is 12.1 Å². The highest BCUT2D eigenvalue weighted by atomic mass is 19.4. The van der Waals surface area contributed by atoms with Gasteiger partial charge in [-0.15, -0.1) is 0 Å². The van der Waals surface area contributed by atoms with Crippen LogP contribution in [0.2, 0.25) is 0 Å². The van der Waals surface area contributed by atoms with Gasteiger partial charge in [-0.3, -0.25) is 0 Å². The number of allylic oxidation sites excluding steroid dienone is 1. The van der Waals surface area contributed by atoms with Crippen LogP contribution < -0.4 is 0 Å². The average Bonchev–Trinajstić information content (AvgIpc) is 2.00. The summed E-state index contributed by atoms with van der Waals surface area (Å²) < 4.78 is 38.4. The lowest BCUT2D eigenvalue weighted by Gasteiger charge is -2.04. The lowest BCUT2D eigenvalue weighted by atomic mass is 10.3. The standard InChI is InChI=1S/C8H11F3O2/c1-2-3-4-5-7(12)13-6-8(9,10)11/h4-5H,2-3,6H2,1H3. The molecule has 0 rings (SSSR count). The van der Waals surface area contributed by atoms with Crippen LogP contribution in [0.15, 0.2) is 12.2 Å². The minimum atomic E-state index is -4.45. The summed E-state index contributed by atoms with van der Waals surface area (Å²) >= 11 is 0. The maximum atomic E-state index is 11.5. The Labute approximate surface area is 74.4 Å². The maximum Gasteiger partial charge on any atom is 0.422 e. The van der Waals surface area contributed by atoms with Gasteiger partial charge in [0.05, 0.1) is 0 Å². The Morgan fingerprint density at radius 2 is 2.08 bits per heavy atom. The third kappa shape index (κ3) is 8.91. The van der Waals surface area contributed by atoms with Gasteiger partial charge in [-0.2, -0.15) is 13.2 Å². The Morgan fingerprint density at radius 1 is 1.46 bits per heavy atom. The van der Waals surface area contributed by atoms with Gasteiger partial charge in [-0.05, 0) is 6.42 Å². The van der Waals surface area contributed by atoms with Gasteiger partial charge in [-0.1, -0.05) is 19.4 Å². The molecule has 0 N–H and O–H groups in total. The largest absolute Gasteiger partial charge is 0.453 e. The summed E-state index contributed by atoms with van der Waals surface area (Å²) in [6, 6.07) is 0. The second kappa shape index (κ2) is 5.61. The van der Waals surface area contributed by atoms with Crippen LogP contribution in [-0.4, -0.2) is 18.8 Å². The molecule has 0 saturated carbocycles. The molecule has 0 aromatic carbocycles. The zero-order valence-corrected chi connectivity index (χ0v) is 7.23. The maximum absolute atomic E-state index is 11.5. The fraction of sp³-hybridized carbons (Fsp3) is 0.625. The number of esters is 1. The van der Waals surface area contributed by atoms with E-state index in [2.05, 4.69) is 4.74 Å². The summed E-state index contributed by atoms with van der Waals surface area (Å²) in [5, 5.41) is 0. The molecule has 0 aromatic rings. The first-order chi connectivity index (χ1) is 5.95. The fourth-order valence-corrected chi connectivity index (χ4v) is 0.547. The normalized spacial score (nSPS) is 12.0. The Kier molecular flexibility index (Phi) is 5.18. The van der Waals surface area contributed by atoms with Gasteiger partial charge in [0.1, 0.15) is 0 Å². The van der Waals surface area contributed by atoms with Gasteiger partial charge < -0.3 is 4.74 Å². The van der Waals surface area contributed by atoms with Crippen molar-refractivity contribution in [1.82, 2.24) is 0 Å². The molecule has 0 amide bonds. The fourth-order valence-electron chi connectivity index (χ4n) is 0.547. The molecule has 0 heterocycles. The minimum Gasteiger partial charge on any atom is -0.453 e. The smallest absolute Gasteiger partial charge is 0.422 e. The lowest BCUT2D eigenvalue weighted by molar-refractivity contribution is -0.182. The van der Waals surface area contributed by atoms with Gasteiger partial charge in [0.15, 0.2) is 6.61 Å². The molecule has 0 aliphatic rings. The number of hydrogen-bond donors (Lipinski definition) is 0. The molecule has 0 bridgehead atoms. The second-order valence-electron chi connectivity index (χ2n) is 2.41. The molecule has 0 saturated heterocycles. The summed E-state index contributed by atoms with van der Waals surface area (Å²) in [5.74, 6) is -0.953. The molecule has 0 aliphatic carbocycles. The Morgan fingerprint density at radius 3 is 2.54 bits per heavy atom. The van der Waals surface area contributed by atoms with E-state index in [-0.39, 0.29) is 0 Å². The van der Waals surface area contributed by atoms with Gasteiger partial charge in [-0.25, -0.2) is 4.79 Å². The van der Waals surface area contributed by atoms with Crippen molar-refractivity contribution in [3.63, 3.8) is 0 Å². The predicted octanol–water partition coefficient (Wildman–Crippen LogP) is 2.45. The van der Waals surface area contributed by atoms with Crippen molar-refractivity contribution in [2.45, 2.75) is 25.9 Å². The summed E-state index contributed by atoms with van der Waals surface area (Å²) in [5.41, 5.74) is 0. The first-order valence-electron chi connectivity index (χ1n) is 3.85. The molecule has 0 atom stereocenters. The zero-order chi connectivity index (χ0) is 10.3. The van der Waals surface area contributed by atoms with Crippen molar-refractivity contribution in [2.24, 2.45) is 0 Å². The minimum absolute atomic E-state index is 0.654. The monoisotopic (exact) mass is 196 g/mol. The van der Waals surface area contributed by atoms with Crippen LogP contribution in [-0.2, 0) is 9.53 Å². The Balaban J connectivity index is 3.64. The van der Waals surface area contributed by atoms with Crippen LogP contribution in [0, 0.1) is 0 Å². The molecule has 0 radical (unpaired) electrons. The van der Waals surface area contributed by atoms with Gasteiger partial charge in [0, 0.05) is 6.08 Å². The summed E-state index contributed by atoms with van der Waals surface area (Å²) in [7, 11) is 0. The van der Waals surface area contributed by atoms with E-state index in [1.165, 1.54) is 6.08 Å². The molecular weight excluding hydrogens is 185 g/mol. The molecule has 13 heavy (non-hydrogen) atoms. The number of carbonyl (C=O) groups is 1. The molecular formula is C8H11F3O2. The van der Waals surface area contributed by atoms with Crippen molar-refractivity contribution in [3.05, 3.63) is 12.2 Å². The van der Waals surface area contributed by atoms with Crippen molar-refractivity contribution in [3.8, 4) is 0 Å². The van der Waals surface area contributed by atoms with E-state index in [0.29, 0.717) is 6.42 Å². The summed E-state index contributed by atoms with van der Waals surface area (Å²) in [6.07, 6.45) is -0.466. The summed E-state index contributed by atoms with van der Waals surface area (Å²) in [4.78, 5) is 10.6. The Hall–Kier alpha value is -1.00. The molecule has 76 valence electrons. The van der Waals surface area contributed by atoms with E-state index in [1.807, 2.05) is 6.92 Å². The molecule has 0 aromatic heterocycles. The van der Waals surface area contributed by atoms with Crippen LogP contribution >= 0.6 is 0 Å². The topological polar surface area (TPSA) is 26.3 Å². The second-order valence-corrected chi connectivity index (χ2v) is 2.41. The van der Waals surface area contributed by atoms with E-state index in [9.17, 15) is 18.0 Å². The zero-order valence-electron chi connectivity index (χ0n) is 7.23. The van der Waals surface area contributed by atoms with E-state index in [0.717, 1.165) is 12.5 Å². The van der Waals surface area contributed by atoms with Crippen LogP contribution in [0.4, 0.5) is 13.2 Å². The quantitative estimate of drug-likeness (QED) is 0.510.